The molecule has 4 rings (SSSR count). The lowest BCUT2D eigenvalue weighted by atomic mass is 9.66. The van der Waals surface area contributed by atoms with Gasteiger partial charge in [0.1, 0.15) is 0 Å². The summed E-state index contributed by atoms with van der Waals surface area (Å²) in [7, 11) is 0. The van der Waals surface area contributed by atoms with Crippen LogP contribution in [0.25, 0.3) is 0 Å². The van der Waals surface area contributed by atoms with Crippen molar-refractivity contribution < 1.29 is 5.11 Å². The van der Waals surface area contributed by atoms with Crippen LogP contribution in [0.15, 0.2) is 0 Å². The summed E-state index contributed by atoms with van der Waals surface area (Å²) < 4.78 is 0. The van der Waals surface area contributed by atoms with Crippen molar-refractivity contribution in [1.29, 1.82) is 0 Å². The summed E-state index contributed by atoms with van der Waals surface area (Å²) in [4.78, 5) is 0.0578. The van der Waals surface area contributed by atoms with Gasteiger partial charge >= 0.3 is 0 Å². The van der Waals surface area contributed by atoms with Gasteiger partial charge in [-0.05, 0) is 55.8 Å². The molecule has 6 unspecified atom stereocenters. The fraction of sp³-hybridized carbons (Fsp3) is 1.00. The summed E-state index contributed by atoms with van der Waals surface area (Å²) in [5.74, 6) is 2.47. The number of alkyl halides is 1. The number of hydrogen-bond donors (Lipinski definition) is 1. The van der Waals surface area contributed by atoms with Gasteiger partial charge in [-0.1, -0.05) is 6.92 Å². The zero-order chi connectivity index (χ0) is 9.92. The van der Waals surface area contributed by atoms with Crippen molar-refractivity contribution in [3.8, 4) is 0 Å². The minimum absolute atomic E-state index is 0.0578. The molecule has 0 aromatic heterocycles. The first-order valence-electron chi connectivity index (χ1n) is 5.94. The highest BCUT2D eigenvalue weighted by Crippen LogP contribution is 2.57. The van der Waals surface area contributed by atoms with Crippen LogP contribution >= 0.6 is 11.6 Å². The van der Waals surface area contributed by atoms with Gasteiger partial charge in [0.05, 0.1) is 6.10 Å². The summed E-state index contributed by atoms with van der Waals surface area (Å²) >= 11 is 6.65. The Morgan fingerprint density at radius 3 is 2.50 bits per heavy atom. The lowest BCUT2D eigenvalue weighted by molar-refractivity contribution is 0.0447. The Hall–Kier alpha value is 0.250. The van der Waals surface area contributed by atoms with E-state index in [9.17, 15) is 5.11 Å². The van der Waals surface area contributed by atoms with E-state index in [2.05, 4.69) is 6.92 Å². The standard InChI is InChI=1S/C12H19ClO/c1-7-9-2-8-3-10(11(7)14)6-12(13,4-8)5-9/h7-11,14H,2-6H2,1H3. The van der Waals surface area contributed by atoms with Crippen molar-refractivity contribution in [2.45, 2.75) is 50.0 Å². The molecule has 0 spiro atoms. The molecule has 1 nitrogen and oxygen atoms in total. The lowest BCUT2D eigenvalue weighted by Crippen LogP contribution is -2.39. The van der Waals surface area contributed by atoms with E-state index >= 15 is 0 Å². The van der Waals surface area contributed by atoms with Crippen LogP contribution in [0.5, 0.6) is 0 Å². The van der Waals surface area contributed by atoms with E-state index < -0.39 is 0 Å². The largest absolute Gasteiger partial charge is 0.393 e. The second kappa shape index (κ2) is 2.89. The van der Waals surface area contributed by atoms with E-state index in [0.717, 1.165) is 18.8 Å². The van der Waals surface area contributed by atoms with Crippen LogP contribution in [-0.4, -0.2) is 16.1 Å². The Labute approximate surface area is 90.8 Å². The summed E-state index contributed by atoms with van der Waals surface area (Å²) in [6.45, 7) is 2.22. The van der Waals surface area contributed by atoms with Crippen LogP contribution in [-0.2, 0) is 0 Å². The third kappa shape index (κ3) is 1.25. The predicted molar refractivity (Wildman–Crippen MR) is 57.3 cm³/mol. The third-order valence-corrected chi connectivity index (χ3v) is 5.41. The van der Waals surface area contributed by atoms with Crippen LogP contribution in [0.3, 0.4) is 0 Å². The fourth-order valence-corrected chi connectivity index (χ4v) is 4.98. The minimum Gasteiger partial charge on any atom is -0.393 e. The Kier molecular flexibility index (Phi) is 1.95. The minimum atomic E-state index is -0.0778. The van der Waals surface area contributed by atoms with Crippen LogP contribution in [0, 0.1) is 23.7 Å². The monoisotopic (exact) mass is 214 g/mol. The van der Waals surface area contributed by atoms with E-state index in [1.165, 1.54) is 19.3 Å². The normalized spacial score (nSPS) is 61.5. The fourth-order valence-electron chi connectivity index (χ4n) is 4.36. The van der Waals surface area contributed by atoms with Gasteiger partial charge in [-0.2, -0.15) is 0 Å². The van der Waals surface area contributed by atoms with Crippen LogP contribution < -0.4 is 0 Å². The lowest BCUT2D eigenvalue weighted by Gasteiger charge is -2.44. The molecule has 14 heavy (non-hydrogen) atoms. The van der Waals surface area contributed by atoms with Gasteiger partial charge in [0.15, 0.2) is 0 Å². The molecule has 1 N–H and O–H groups in total. The second-order valence-corrected chi connectivity index (χ2v) is 6.77. The first kappa shape index (κ1) is 9.47. The average Bonchev–Trinajstić information content (AvgIpc) is 2.21. The molecule has 80 valence electrons. The Morgan fingerprint density at radius 2 is 1.79 bits per heavy atom. The van der Waals surface area contributed by atoms with Gasteiger partial charge in [0.25, 0.3) is 0 Å². The zero-order valence-electron chi connectivity index (χ0n) is 8.75. The van der Waals surface area contributed by atoms with Crippen molar-refractivity contribution >= 4 is 11.6 Å². The van der Waals surface area contributed by atoms with Crippen molar-refractivity contribution in [3.63, 3.8) is 0 Å². The van der Waals surface area contributed by atoms with E-state index in [0.29, 0.717) is 17.8 Å². The van der Waals surface area contributed by atoms with Crippen molar-refractivity contribution in [3.05, 3.63) is 0 Å². The SMILES string of the molecule is CC1C2CC3CC(CC(Cl)(C3)C2)C1O. The van der Waals surface area contributed by atoms with Gasteiger partial charge in [-0.15, -0.1) is 11.6 Å². The number of aliphatic hydroxyl groups excluding tert-OH is 1. The van der Waals surface area contributed by atoms with Crippen LogP contribution in [0.2, 0.25) is 0 Å². The van der Waals surface area contributed by atoms with Crippen molar-refractivity contribution in [2.75, 3.05) is 0 Å². The molecule has 4 saturated carbocycles. The highest BCUT2D eigenvalue weighted by molar-refractivity contribution is 6.24. The van der Waals surface area contributed by atoms with Gasteiger partial charge in [0.2, 0.25) is 0 Å². The molecule has 4 aliphatic rings. The van der Waals surface area contributed by atoms with E-state index in [1.54, 1.807) is 0 Å². The Morgan fingerprint density at radius 1 is 1.14 bits per heavy atom. The number of rotatable bonds is 0. The van der Waals surface area contributed by atoms with Crippen molar-refractivity contribution in [1.82, 2.24) is 0 Å². The van der Waals surface area contributed by atoms with Crippen molar-refractivity contribution in [2.24, 2.45) is 23.7 Å². The van der Waals surface area contributed by atoms with Crippen LogP contribution in [0.1, 0.15) is 39.0 Å². The molecule has 0 amide bonds. The van der Waals surface area contributed by atoms with Gasteiger partial charge in [0, 0.05) is 4.87 Å². The first-order valence-corrected chi connectivity index (χ1v) is 6.32. The maximum atomic E-state index is 10.2. The third-order valence-electron chi connectivity index (χ3n) is 4.95. The second-order valence-electron chi connectivity index (χ2n) is 5.97. The molecule has 0 saturated heterocycles. The molecule has 6 atom stereocenters. The highest BCUT2D eigenvalue weighted by atomic mass is 35.5. The highest BCUT2D eigenvalue weighted by Gasteiger charge is 2.52. The summed E-state index contributed by atoms with van der Waals surface area (Å²) in [6.07, 6.45) is 5.90. The molecule has 0 radical (unpaired) electrons. The molecule has 4 aliphatic carbocycles. The number of fused-ring (bicyclic) bond motifs is 1. The smallest absolute Gasteiger partial charge is 0.0597 e. The first-order chi connectivity index (χ1) is 6.57. The van der Waals surface area contributed by atoms with Gasteiger partial charge in [-0.25, -0.2) is 0 Å². The van der Waals surface area contributed by atoms with Gasteiger partial charge < -0.3 is 5.11 Å². The maximum Gasteiger partial charge on any atom is 0.0597 e. The average molecular weight is 215 g/mol. The summed E-state index contributed by atoms with van der Waals surface area (Å²) in [5, 5.41) is 10.2. The molecule has 4 bridgehead atoms. The topological polar surface area (TPSA) is 20.2 Å². The number of halogens is 1. The quantitative estimate of drug-likeness (QED) is 0.615. The summed E-state index contributed by atoms with van der Waals surface area (Å²) in [6, 6.07) is 0. The van der Waals surface area contributed by atoms with E-state index in [1.807, 2.05) is 0 Å². The summed E-state index contributed by atoms with van der Waals surface area (Å²) in [5.41, 5.74) is 0. The molecular formula is C12H19ClO. The maximum absolute atomic E-state index is 10.2. The van der Waals surface area contributed by atoms with Gasteiger partial charge in [-0.3, -0.25) is 0 Å². The molecule has 0 heterocycles. The number of aliphatic hydroxyl groups is 1. The van der Waals surface area contributed by atoms with E-state index in [4.69, 9.17) is 11.6 Å². The predicted octanol–water partition coefficient (Wildman–Crippen LogP) is 2.80. The number of hydrogen-bond acceptors (Lipinski definition) is 1. The molecule has 4 fully saturated rings. The molecule has 0 aliphatic heterocycles. The molecule has 0 aromatic rings. The van der Waals surface area contributed by atoms with E-state index in [-0.39, 0.29) is 11.0 Å². The molecule has 2 heteroatoms. The zero-order valence-corrected chi connectivity index (χ0v) is 9.50. The molecule has 0 aromatic carbocycles. The molecular weight excluding hydrogens is 196 g/mol. The Bertz CT molecular complexity index is 233. The Balaban J connectivity index is 1.99. The van der Waals surface area contributed by atoms with Crippen LogP contribution in [0.4, 0.5) is 0 Å².